The average Bonchev–Trinajstić information content (AvgIpc) is 2.28. The third-order valence-electron chi connectivity index (χ3n) is 2.40. The summed E-state index contributed by atoms with van der Waals surface area (Å²) >= 11 is 0. The first-order chi connectivity index (χ1) is 7.05. The van der Waals surface area contributed by atoms with E-state index in [2.05, 4.69) is 4.98 Å². The maximum Gasteiger partial charge on any atom is 0.213 e. The number of methoxy groups -OCH3 is 2. The van der Waals surface area contributed by atoms with Crippen LogP contribution in [0.25, 0.3) is 0 Å². The van der Waals surface area contributed by atoms with Crippen LogP contribution in [0.4, 0.5) is 0 Å². The summed E-state index contributed by atoms with van der Waals surface area (Å²) in [4.78, 5) is 4.05. The molecule has 0 saturated heterocycles. The Morgan fingerprint density at radius 3 is 2.47 bits per heavy atom. The van der Waals surface area contributed by atoms with Crippen molar-refractivity contribution in [2.45, 2.75) is 19.3 Å². The Morgan fingerprint density at radius 1 is 1.33 bits per heavy atom. The van der Waals surface area contributed by atoms with Gasteiger partial charge in [0.2, 0.25) is 5.88 Å². The van der Waals surface area contributed by atoms with Crippen molar-refractivity contribution in [1.29, 1.82) is 0 Å². The van der Waals surface area contributed by atoms with Gasteiger partial charge in [0, 0.05) is 17.0 Å². The van der Waals surface area contributed by atoms with Gasteiger partial charge in [0.15, 0.2) is 0 Å². The van der Waals surface area contributed by atoms with Gasteiger partial charge in [0.05, 0.1) is 27.0 Å². The van der Waals surface area contributed by atoms with E-state index < -0.39 is 0 Å². The molecule has 0 fully saturated rings. The number of hydrogen-bond donors (Lipinski definition) is 1. The Hall–Kier alpha value is -1.29. The second kappa shape index (κ2) is 4.49. The van der Waals surface area contributed by atoms with E-state index in [4.69, 9.17) is 9.47 Å². The summed E-state index contributed by atoms with van der Waals surface area (Å²) < 4.78 is 10.2. The van der Waals surface area contributed by atoms with E-state index in [0.29, 0.717) is 11.6 Å². The molecule has 0 spiro atoms. The summed E-state index contributed by atoms with van der Waals surface area (Å²) in [6.07, 6.45) is 1.60. The molecule has 1 heterocycles. The van der Waals surface area contributed by atoms with Crippen molar-refractivity contribution in [3.8, 4) is 11.6 Å². The molecule has 0 amide bonds. The lowest BCUT2D eigenvalue weighted by Crippen LogP contribution is -2.23. The molecule has 0 aliphatic heterocycles. The third-order valence-corrected chi connectivity index (χ3v) is 2.40. The van der Waals surface area contributed by atoms with Crippen LogP contribution in [0.2, 0.25) is 0 Å². The largest absolute Gasteiger partial charge is 0.495 e. The van der Waals surface area contributed by atoms with Crippen molar-refractivity contribution in [2.75, 3.05) is 20.8 Å². The van der Waals surface area contributed by atoms with Gasteiger partial charge >= 0.3 is 0 Å². The lowest BCUT2D eigenvalue weighted by Gasteiger charge is -2.24. The molecule has 84 valence electrons. The second-order valence-corrected chi connectivity index (χ2v) is 3.97. The quantitative estimate of drug-likeness (QED) is 0.817. The molecule has 4 nitrogen and oxygen atoms in total. The molecule has 4 heteroatoms. The number of rotatable bonds is 4. The van der Waals surface area contributed by atoms with E-state index in [1.807, 2.05) is 13.8 Å². The van der Waals surface area contributed by atoms with Gasteiger partial charge in [-0.2, -0.15) is 0 Å². The molecule has 0 saturated carbocycles. The van der Waals surface area contributed by atoms with E-state index in [0.717, 1.165) is 5.56 Å². The Labute approximate surface area is 89.9 Å². The highest BCUT2D eigenvalue weighted by molar-refractivity contribution is 5.40. The molecule has 1 N–H and O–H groups in total. The fraction of sp³-hybridized carbons (Fsp3) is 0.545. The molecule has 1 aromatic heterocycles. The van der Waals surface area contributed by atoms with Crippen LogP contribution in [0, 0.1) is 0 Å². The van der Waals surface area contributed by atoms with Crippen molar-refractivity contribution in [1.82, 2.24) is 4.98 Å². The Balaban J connectivity index is 3.23. The molecular weight excluding hydrogens is 194 g/mol. The molecule has 0 radical (unpaired) electrons. The minimum Gasteiger partial charge on any atom is -0.495 e. The van der Waals surface area contributed by atoms with Crippen LogP contribution < -0.4 is 9.47 Å². The molecule has 0 aliphatic rings. The number of pyridine rings is 1. The van der Waals surface area contributed by atoms with Gasteiger partial charge in [0.1, 0.15) is 5.75 Å². The van der Waals surface area contributed by atoms with Crippen molar-refractivity contribution in [3.05, 3.63) is 17.8 Å². The zero-order chi connectivity index (χ0) is 11.5. The molecule has 0 aliphatic carbocycles. The number of ether oxygens (including phenoxy) is 2. The van der Waals surface area contributed by atoms with E-state index in [1.54, 1.807) is 26.5 Å². The van der Waals surface area contributed by atoms with Gasteiger partial charge in [0.25, 0.3) is 0 Å². The predicted octanol–water partition coefficient (Wildman–Crippen LogP) is 1.37. The van der Waals surface area contributed by atoms with Crippen LogP contribution in [-0.4, -0.2) is 30.9 Å². The lowest BCUT2D eigenvalue weighted by molar-refractivity contribution is 0.214. The number of aromatic nitrogens is 1. The molecule has 0 bridgehead atoms. The summed E-state index contributed by atoms with van der Waals surface area (Å²) in [5.74, 6) is 1.18. The van der Waals surface area contributed by atoms with Gasteiger partial charge in [-0.15, -0.1) is 0 Å². The average molecular weight is 211 g/mol. The summed E-state index contributed by atoms with van der Waals surface area (Å²) in [5.41, 5.74) is 0.515. The first-order valence-corrected chi connectivity index (χ1v) is 4.74. The van der Waals surface area contributed by atoms with Crippen LogP contribution in [0.5, 0.6) is 11.6 Å². The molecule has 1 aromatic rings. The summed E-state index contributed by atoms with van der Waals surface area (Å²) in [6, 6.07) is 1.79. The van der Waals surface area contributed by atoms with E-state index >= 15 is 0 Å². The SMILES string of the molecule is COc1cc(C(C)(C)CO)c(OC)cn1. The highest BCUT2D eigenvalue weighted by Crippen LogP contribution is 2.32. The minimum absolute atomic E-state index is 0.0382. The van der Waals surface area contributed by atoms with Gasteiger partial charge in [-0.05, 0) is 0 Å². The van der Waals surface area contributed by atoms with Crippen LogP contribution >= 0.6 is 0 Å². The fourth-order valence-corrected chi connectivity index (χ4v) is 1.31. The third kappa shape index (κ3) is 2.39. The number of aliphatic hydroxyl groups is 1. The molecule has 0 atom stereocenters. The monoisotopic (exact) mass is 211 g/mol. The Morgan fingerprint density at radius 2 is 2.00 bits per heavy atom. The second-order valence-electron chi connectivity index (χ2n) is 3.97. The van der Waals surface area contributed by atoms with Crippen LogP contribution in [0.15, 0.2) is 12.3 Å². The first kappa shape index (κ1) is 11.8. The normalized spacial score (nSPS) is 11.3. The van der Waals surface area contributed by atoms with Crippen LogP contribution in [-0.2, 0) is 5.41 Å². The van der Waals surface area contributed by atoms with Crippen LogP contribution in [0.3, 0.4) is 0 Å². The van der Waals surface area contributed by atoms with Gasteiger partial charge < -0.3 is 14.6 Å². The molecule has 1 rings (SSSR count). The fourth-order valence-electron chi connectivity index (χ4n) is 1.31. The molecule has 0 aromatic carbocycles. The molecule has 0 unspecified atom stereocenters. The summed E-state index contributed by atoms with van der Waals surface area (Å²) in [6.45, 7) is 3.91. The zero-order valence-corrected chi connectivity index (χ0v) is 9.57. The van der Waals surface area contributed by atoms with E-state index in [-0.39, 0.29) is 12.0 Å². The van der Waals surface area contributed by atoms with Gasteiger partial charge in [-0.1, -0.05) is 13.8 Å². The lowest BCUT2D eigenvalue weighted by atomic mass is 9.85. The van der Waals surface area contributed by atoms with Crippen molar-refractivity contribution < 1.29 is 14.6 Å². The topological polar surface area (TPSA) is 51.6 Å². The van der Waals surface area contributed by atoms with Gasteiger partial charge in [-0.3, -0.25) is 0 Å². The highest BCUT2D eigenvalue weighted by atomic mass is 16.5. The number of aliphatic hydroxyl groups excluding tert-OH is 1. The van der Waals surface area contributed by atoms with Gasteiger partial charge in [-0.25, -0.2) is 4.98 Å². The molecule has 15 heavy (non-hydrogen) atoms. The van der Waals surface area contributed by atoms with Crippen molar-refractivity contribution in [2.24, 2.45) is 0 Å². The Kier molecular flexibility index (Phi) is 3.52. The van der Waals surface area contributed by atoms with E-state index in [9.17, 15) is 5.11 Å². The van der Waals surface area contributed by atoms with Crippen molar-refractivity contribution in [3.63, 3.8) is 0 Å². The van der Waals surface area contributed by atoms with Crippen molar-refractivity contribution >= 4 is 0 Å². The standard InChI is InChI=1S/C11H17NO3/c1-11(2,7-13)8-5-10(15-4)12-6-9(8)14-3/h5-6,13H,7H2,1-4H3. The number of nitrogens with zero attached hydrogens (tertiary/aromatic N) is 1. The molecular formula is C11H17NO3. The Bertz CT molecular complexity index is 337. The minimum atomic E-state index is -0.373. The number of hydrogen-bond acceptors (Lipinski definition) is 4. The van der Waals surface area contributed by atoms with E-state index in [1.165, 1.54) is 0 Å². The first-order valence-electron chi connectivity index (χ1n) is 4.74. The summed E-state index contributed by atoms with van der Waals surface area (Å²) in [7, 11) is 3.14. The highest BCUT2D eigenvalue weighted by Gasteiger charge is 2.24. The maximum absolute atomic E-state index is 9.31. The summed E-state index contributed by atoms with van der Waals surface area (Å²) in [5, 5.41) is 9.31. The predicted molar refractivity (Wildman–Crippen MR) is 57.5 cm³/mol. The van der Waals surface area contributed by atoms with Crippen LogP contribution in [0.1, 0.15) is 19.4 Å². The smallest absolute Gasteiger partial charge is 0.213 e. The maximum atomic E-state index is 9.31. The zero-order valence-electron chi connectivity index (χ0n) is 9.57.